The number of fused-ring (bicyclic) bond motifs is 3. The van der Waals surface area contributed by atoms with Gasteiger partial charge >= 0.3 is 0 Å². The van der Waals surface area contributed by atoms with E-state index in [0.29, 0.717) is 39.5 Å². The highest BCUT2D eigenvalue weighted by atomic mass is 32.2. The Morgan fingerprint density at radius 1 is 1.09 bits per heavy atom. The topological polar surface area (TPSA) is 98.4 Å². The van der Waals surface area contributed by atoms with Crippen LogP contribution in [0.2, 0.25) is 0 Å². The summed E-state index contributed by atoms with van der Waals surface area (Å²) in [6.45, 7) is 6.32. The summed E-state index contributed by atoms with van der Waals surface area (Å²) in [7, 11) is 0. The predicted octanol–water partition coefficient (Wildman–Crippen LogP) is 4.10. The third-order valence-electron chi connectivity index (χ3n) is 5.77. The Labute approximate surface area is 205 Å². The van der Waals surface area contributed by atoms with Gasteiger partial charge < -0.3 is 5.32 Å². The number of aryl methyl sites for hydroxylation is 1. The SMILES string of the molecule is CCCn1c(=O)c2ccc(C(=O)NC(C)CC)cc2n2c(SCC(=O)c3ccc(F)cc3)nnc12. The van der Waals surface area contributed by atoms with Crippen LogP contribution in [0.4, 0.5) is 4.39 Å². The molecule has 2 aromatic carbocycles. The fraction of sp³-hybridized carbons (Fsp3) is 0.320. The number of nitrogens with one attached hydrogen (secondary N) is 1. The Kier molecular flexibility index (Phi) is 7.30. The summed E-state index contributed by atoms with van der Waals surface area (Å²) in [6.07, 6.45) is 1.51. The van der Waals surface area contributed by atoms with E-state index in [9.17, 15) is 18.8 Å². The predicted molar refractivity (Wildman–Crippen MR) is 134 cm³/mol. The Morgan fingerprint density at radius 2 is 1.80 bits per heavy atom. The first-order chi connectivity index (χ1) is 16.8. The molecule has 4 rings (SSSR count). The second-order valence-electron chi connectivity index (χ2n) is 8.31. The average Bonchev–Trinajstić information content (AvgIpc) is 3.29. The summed E-state index contributed by atoms with van der Waals surface area (Å²) in [5.41, 5.74) is 1.09. The van der Waals surface area contributed by atoms with Gasteiger partial charge in [0.2, 0.25) is 5.78 Å². The van der Waals surface area contributed by atoms with E-state index in [0.717, 1.165) is 12.8 Å². The number of Topliss-reactive ketones (excluding diaryl/α,β-unsaturated/α-hetero) is 1. The summed E-state index contributed by atoms with van der Waals surface area (Å²) >= 11 is 1.17. The zero-order valence-electron chi connectivity index (χ0n) is 19.7. The number of carbonyl (C=O) groups excluding carboxylic acids is 2. The number of benzene rings is 2. The van der Waals surface area contributed by atoms with E-state index in [1.807, 2.05) is 20.8 Å². The molecular formula is C25H26FN5O3S. The summed E-state index contributed by atoms with van der Waals surface area (Å²) in [5, 5.41) is 12.3. The molecule has 0 aliphatic heterocycles. The number of ketones is 1. The van der Waals surface area contributed by atoms with Gasteiger partial charge in [-0.2, -0.15) is 0 Å². The van der Waals surface area contributed by atoms with E-state index < -0.39 is 5.82 Å². The van der Waals surface area contributed by atoms with E-state index in [1.54, 1.807) is 27.2 Å². The molecule has 35 heavy (non-hydrogen) atoms. The van der Waals surface area contributed by atoms with Crippen LogP contribution in [0.25, 0.3) is 16.7 Å². The maximum atomic E-state index is 13.2. The monoisotopic (exact) mass is 495 g/mol. The first kappa shape index (κ1) is 24.6. The van der Waals surface area contributed by atoms with Crippen LogP contribution >= 0.6 is 11.8 Å². The molecule has 8 nitrogen and oxygen atoms in total. The molecular weight excluding hydrogens is 469 g/mol. The van der Waals surface area contributed by atoms with Crippen LogP contribution in [-0.2, 0) is 6.54 Å². The van der Waals surface area contributed by atoms with Gasteiger partial charge in [0.25, 0.3) is 11.5 Å². The van der Waals surface area contributed by atoms with Gasteiger partial charge in [-0.05, 0) is 62.2 Å². The molecule has 2 aromatic heterocycles. The van der Waals surface area contributed by atoms with Crippen LogP contribution in [0.1, 0.15) is 54.3 Å². The molecule has 0 aliphatic carbocycles. The molecule has 0 fully saturated rings. The average molecular weight is 496 g/mol. The van der Waals surface area contributed by atoms with E-state index >= 15 is 0 Å². The van der Waals surface area contributed by atoms with Crippen molar-refractivity contribution in [1.29, 1.82) is 0 Å². The van der Waals surface area contributed by atoms with Gasteiger partial charge in [0.15, 0.2) is 10.9 Å². The quantitative estimate of drug-likeness (QED) is 0.277. The number of halogens is 1. The Morgan fingerprint density at radius 3 is 2.49 bits per heavy atom. The van der Waals surface area contributed by atoms with Crippen molar-refractivity contribution in [2.45, 2.75) is 51.4 Å². The van der Waals surface area contributed by atoms with Crippen molar-refractivity contribution in [3.05, 3.63) is 69.8 Å². The van der Waals surface area contributed by atoms with Crippen molar-refractivity contribution >= 4 is 40.1 Å². The first-order valence-corrected chi connectivity index (χ1v) is 12.5. The van der Waals surface area contributed by atoms with E-state index in [2.05, 4.69) is 15.5 Å². The molecule has 0 radical (unpaired) electrons. The molecule has 0 aliphatic rings. The van der Waals surface area contributed by atoms with Crippen molar-refractivity contribution in [2.75, 3.05) is 5.75 Å². The number of aromatic nitrogens is 4. The minimum Gasteiger partial charge on any atom is -0.350 e. The molecule has 2 heterocycles. The molecule has 4 aromatic rings. The second kappa shape index (κ2) is 10.4. The summed E-state index contributed by atoms with van der Waals surface area (Å²) in [5.74, 6) is -0.436. The highest BCUT2D eigenvalue weighted by Crippen LogP contribution is 2.24. The van der Waals surface area contributed by atoms with Gasteiger partial charge in [0, 0.05) is 23.7 Å². The fourth-order valence-electron chi connectivity index (χ4n) is 3.70. The van der Waals surface area contributed by atoms with Crippen LogP contribution in [0.15, 0.2) is 52.4 Å². The normalized spacial score (nSPS) is 12.2. The largest absolute Gasteiger partial charge is 0.350 e. The number of carbonyl (C=O) groups is 2. The van der Waals surface area contributed by atoms with Gasteiger partial charge in [0.05, 0.1) is 16.7 Å². The molecule has 10 heteroatoms. The van der Waals surface area contributed by atoms with Gasteiger partial charge in [-0.1, -0.05) is 25.6 Å². The minimum absolute atomic E-state index is 0.00859. The van der Waals surface area contributed by atoms with Gasteiger partial charge in [-0.25, -0.2) is 4.39 Å². The van der Waals surface area contributed by atoms with Gasteiger partial charge in [-0.3, -0.25) is 23.4 Å². The van der Waals surface area contributed by atoms with Crippen molar-refractivity contribution in [2.24, 2.45) is 0 Å². The molecule has 1 unspecified atom stereocenters. The molecule has 1 N–H and O–H groups in total. The summed E-state index contributed by atoms with van der Waals surface area (Å²) in [6, 6.07) is 10.3. The smallest absolute Gasteiger partial charge is 0.262 e. The van der Waals surface area contributed by atoms with E-state index in [-0.39, 0.29) is 29.0 Å². The van der Waals surface area contributed by atoms with Crippen molar-refractivity contribution in [3.8, 4) is 0 Å². The van der Waals surface area contributed by atoms with Crippen molar-refractivity contribution in [1.82, 2.24) is 24.5 Å². The molecule has 0 spiro atoms. The lowest BCUT2D eigenvalue weighted by Crippen LogP contribution is -2.32. The highest BCUT2D eigenvalue weighted by Gasteiger charge is 2.19. The summed E-state index contributed by atoms with van der Waals surface area (Å²) in [4.78, 5) is 38.6. The van der Waals surface area contributed by atoms with Gasteiger partial charge in [-0.15, -0.1) is 10.2 Å². The minimum atomic E-state index is -0.411. The third-order valence-corrected chi connectivity index (χ3v) is 6.70. The van der Waals surface area contributed by atoms with Crippen LogP contribution in [-0.4, -0.2) is 42.7 Å². The number of hydrogen-bond donors (Lipinski definition) is 1. The van der Waals surface area contributed by atoms with Crippen LogP contribution < -0.4 is 10.9 Å². The number of thioether (sulfide) groups is 1. The van der Waals surface area contributed by atoms with Crippen LogP contribution in [0, 0.1) is 5.82 Å². The molecule has 182 valence electrons. The maximum absolute atomic E-state index is 13.2. The molecule has 0 bridgehead atoms. The van der Waals surface area contributed by atoms with Crippen LogP contribution in [0.5, 0.6) is 0 Å². The number of nitrogens with zero attached hydrogens (tertiary/aromatic N) is 4. The maximum Gasteiger partial charge on any atom is 0.262 e. The third kappa shape index (κ3) is 4.97. The number of hydrogen-bond acceptors (Lipinski definition) is 6. The number of rotatable bonds is 9. The fourth-order valence-corrected chi connectivity index (χ4v) is 4.53. The number of amides is 1. The van der Waals surface area contributed by atoms with Crippen LogP contribution in [0.3, 0.4) is 0 Å². The van der Waals surface area contributed by atoms with Crippen molar-refractivity contribution < 1.29 is 14.0 Å². The van der Waals surface area contributed by atoms with Gasteiger partial charge in [0.1, 0.15) is 5.82 Å². The zero-order valence-corrected chi connectivity index (χ0v) is 20.6. The molecule has 1 atom stereocenters. The lowest BCUT2D eigenvalue weighted by atomic mass is 10.1. The van der Waals surface area contributed by atoms with E-state index in [4.69, 9.17) is 0 Å². The Hall–Kier alpha value is -3.53. The standard InChI is InChI=1S/C25H26FN5O3S/c1-4-12-30-23(34)19-11-8-17(22(33)27-15(3)5-2)13-20(19)31-24(30)28-29-25(31)35-14-21(32)16-6-9-18(26)10-7-16/h6-11,13,15H,4-5,12,14H2,1-3H3,(H,27,33). The summed E-state index contributed by atoms with van der Waals surface area (Å²) < 4.78 is 16.5. The lowest BCUT2D eigenvalue weighted by molar-refractivity contribution is 0.0938. The molecule has 0 saturated heterocycles. The lowest BCUT2D eigenvalue weighted by Gasteiger charge is -2.13. The highest BCUT2D eigenvalue weighted by molar-refractivity contribution is 7.99. The molecule has 0 saturated carbocycles. The molecule has 1 amide bonds. The first-order valence-electron chi connectivity index (χ1n) is 11.5. The Bertz CT molecular complexity index is 1460. The zero-order chi connectivity index (χ0) is 25.1. The Balaban J connectivity index is 1.78. The van der Waals surface area contributed by atoms with E-state index in [1.165, 1.54) is 36.0 Å². The van der Waals surface area contributed by atoms with Crippen molar-refractivity contribution in [3.63, 3.8) is 0 Å². The second-order valence-corrected chi connectivity index (χ2v) is 9.25.